The van der Waals surface area contributed by atoms with Gasteiger partial charge >= 0.3 is 0 Å². The molecule has 1 heteroatoms. The second-order valence-electron chi connectivity index (χ2n) is 4.52. The van der Waals surface area contributed by atoms with Crippen molar-refractivity contribution in [2.45, 2.75) is 38.5 Å². The van der Waals surface area contributed by atoms with Crippen LogP contribution in [0.25, 0.3) is 0 Å². The highest BCUT2D eigenvalue weighted by molar-refractivity contribution is 5.33. The van der Waals surface area contributed by atoms with Gasteiger partial charge in [0.2, 0.25) is 0 Å². The molecule has 2 rings (SSSR count). The molecule has 0 fully saturated rings. The van der Waals surface area contributed by atoms with E-state index in [1.807, 2.05) is 7.05 Å². The predicted octanol–water partition coefficient (Wildman–Crippen LogP) is 2.72. The third kappa shape index (κ3) is 2.82. The fourth-order valence-corrected chi connectivity index (χ4v) is 2.41. The van der Waals surface area contributed by atoms with E-state index in [2.05, 4.69) is 23.5 Å². The summed E-state index contributed by atoms with van der Waals surface area (Å²) in [7, 11) is 2.02. The minimum Gasteiger partial charge on any atom is -0.320 e. The topological polar surface area (TPSA) is 12.0 Å². The Kier molecular flexibility index (Phi) is 3.79. The first-order chi connectivity index (χ1) is 7.40. The van der Waals surface area contributed by atoms with Gasteiger partial charge in [-0.05, 0) is 68.8 Å². The smallest absolute Gasteiger partial charge is 0.00488 e. The van der Waals surface area contributed by atoms with Gasteiger partial charge in [-0.1, -0.05) is 18.2 Å². The molecule has 0 atom stereocenters. The van der Waals surface area contributed by atoms with E-state index < -0.39 is 0 Å². The van der Waals surface area contributed by atoms with E-state index in [1.54, 1.807) is 11.1 Å². The van der Waals surface area contributed by atoms with Crippen molar-refractivity contribution in [2.75, 3.05) is 13.6 Å². The second kappa shape index (κ2) is 5.32. The van der Waals surface area contributed by atoms with Gasteiger partial charge in [-0.15, -0.1) is 0 Å². The Labute approximate surface area is 92.9 Å². The molecule has 1 aromatic carbocycles. The van der Waals surface area contributed by atoms with Crippen LogP contribution in [0.3, 0.4) is 0 Å². The molecule has 0 aromatic heterocycles. The van der Waals surface area contributed by atoms with Gasteiger partial charge < -0.3 is 5.32 Å². The Morgan fingerprint density at radius 1 is 1.13 bits per heavy atom. The molecule has 0 heterocycles. The molecule has 0 bridgehead atoms. The minimum absolute atomic E-state index is 1.12. The van der Waals surface area contributed by atoms with Gasteiger partial charge in [0, 0.05) is 0 Å². The first-order valence-electron chi connectivity index (χ1n) is 6.15. The number of nitrogens with one attached hydrogen (secondary N) is 1. The lowest BCUT2D eigenvalue weighted by molar-refractivity contribution is 0.681. The molecule has 0 amide bonds. The normalized spacial score (nSPS) is 15.0. The molecule has 0 unspecified atom stereocenters. The van der Waals surface area contributed by atoms with Crippen molar-refractivity contribution >= 4 is 0 Å². The highest BCUT2D eigenvalue weighted by atomic mass is 14.8. The van der Waals surface area contributed by atoms with Crippen LogP contribution < -0.4 is 5.32 Å². The quantitative estimate of drug-likeness (QED) is 0.742. The highest BCUT2D eigenvalue weighted by Gasteiger charge is 2.08. The van der Waals surface area contributed by atoms with E-state index in [-0.39, 0.29) is 0 Å². The van der Waals surface area contributed by atoms with Crippen LogP contribution in [0.4, 0.5) is 0 Å². The summed E-state index contributed by atoms with van der Waals surface area (Å²) in [5, 5.41) is 3.20. The Morgan fingerprint density at radius 2 is 1.93 bits per heavy atom. The lowest BCUT2D eigenvalue weighted by atomic mass is 9.90. The summed E-state index contributed by atoms with van der Waals surface area (Å²) in [6.45, 7) is 1.12. The van der Waals surface area contributed by atoms with E-state index >= 15 is 0 Å². The first-order valence-corrected chi connectivity index (χ1v) is 6.15. The number of aryl methyl sites for hydroxylation is 3. The fourth-order valence-electron chi connectivity index (χ4n) is 2.41. The average Bonchev–Trinajstić information content (AvgIpc) is 2.29. The van der Waals surface area contributed by atoms with E-state index in [9.17, 15) is 0 Å². The molecule has 0 aliphatic heterocycles. The monoisotopic (exact) mass is 203 g/mol. The SMILES string of the molecule is CNCCCc1ccc2c(c1)CCCC2. The van der Waals surface area contributed by atoms with Crippen molar-refractivity contribution in [3.63, 3.8) is 0 Å². The Hall–Kier alpha value is -0.820. The maximum Gasteiger partial charge on any atom is -0.00488 e. The summed E-state index contributed by atoms with van der Waals surface area (Å²) in [5.41, 5.74) is 4.73. The summed E-state index contributed by atoms with van der Waals surface area (Å²) in [6.07, 6.45) is 7.82. The van der Waals surface area contributed by atoms with Crippen LogP contribution in [0.2, 0.25) is 0 Å². The molecular formula is C14H21N. The molecule has 15 heavy (non-hydrogen) atoms. The lowest BCUT2D eigenvalue weighted by Crippen LogP contribution is -2.09. The minimum atomic E-state index is 1.12. The zero-order chi connectivity index (χ0) is 10.5. The van der Waals surface area contributed by atoms with Crippen molar-refractivity contribution < 1.29 is 0 Å². The van der Waals surface area contributed by atoms with Crippen molar-refractivity contribution in [3.8, 4) is 0 Å². The van der Waals surface area contributed by atoms with Crippen molar-refractivity contribution in [1.82, 2.24) is 5.32 Å². The van der Waals surface area contributed by atoms with Crippen LogP contribution in [-0.2, 0) is 19.3 Å². The van der Waals surface area contributed by atoms with Gasteiger partial charge in [0.1, 0.15) is 0 Å². The average molecular weight is 203 g/mol. The van der Waals surface area contributed by atoms with Crippen LogP contribution in [0.1, 0.15) is 36.0 Å². The number of hydrogen-bond donors (Lipinski definition) is 1. The molecule has 1 aliphatic carbocycles. The van der Waals surface area contributed by atoms with Gasteiger partial charge in [0.15, 0.2) is 0 Å². The molecule has 0 radical (unpaired) electrons. The number of benzene rings is 1. The molecule has 0 saturated carbocycles. The molecule has 1 N–H and O–H groups in total. The summed E-state index contributed by atoms with van der Waals surface area (Å²) < 4.78 is 0. The number of fused-ring (bicyclic) bond motifs is 1. The van der Waals surface area contributed by atoms with E-state index in [1.165, 1.54) is 44.1 Å². The molecule has 1 nitrogen and oxygen atoms in total. The summed E-state index contributed by atoms with van der Waals surface area (Å²) in [4.78, 5) is 0. The maximum atomic E-state index is 3.20. The number of hydrogen-bond acceptors (Lipinski definition) is 1. The number of rotatable bonds is 4. The third-order valence-corrected chi connectivity index (χ3v) is 3.31. The summed E-state index contributed by atoms with van der Waals surface area (Å²) in [5.74, 6) is 0. The van der Waals surface area contributed by atoms with Crippen molar-refractivity contribution in [1.29, 1.82) is 0 Å². The molecule has 0 saturated heterocycles. The van der Waals surface area contributed by atoms with Gasteiger partial charge in [-0.2, -0.15) is 0 Å². The Morgan fingerprint density at radius 3 is 2.73 bits per heavy atom. The maximum absolute atomic E-state index is 3.20. The van der Waals surface area contributed by atoms with Crippen molar-refractivity contribution in [3.05, 3.63) is 34.9 Å². The van der Waals surface area contributed by atoms with Gasteiger partial charge in [-0.25, -0.2) is 0 Å². The van der Waals surface area contributed by atoms with Crippen LogP contribution in [0.15, 0.2) is 18.2 Å². The van der Waals surface area contributed by atoms with Crippen LogP contribution in [0, 0.1) is 0 Å². The van der Waals surface area contributed by atoms with E-state index in [0.717, 1.165) is 6.54 Å². The van der Waals surface area contributed by atoms with Gasteiger partial charge in [-0.3, -0.25) is 0 Å². The molecule has 1 aromatic rings. The highest BCUT2D eigenvalue weighted by Crippen LogP contribution is 2.22. The van der Waals surface area contributed by atoms with Gasteiger partial charge in [0.05, 0.1) is 0 Å². The van der Waals surface area contributed by atoms with Crippen LogP contribution >= 0.6 is 0 Å². The Bertz CT molecular complexity index is 317. The Balaban J connectivity index is 2.00. The first kappa shape index (κ1) is 10.7. The van der Waals surface area contributed by atoms with E-state index in [0.29, 0.717) is 0 Å². The van der Waals surface area contributed by atoms with Crippen LogP contribution in [0.5, 0.6) is 0 Å². The molecule has 0 spiro atoms. The zero-order valence-electron chi connectivity index (χ0n) is 9.68. The lowest BCUT2D eigenvalue weighted by Gasteiger charge is -2.16. The predicted molar refractivity (Wildman–Crippen MR) is 65.3 cm³/mol. The van der Waals surface area contributed by atoms with Gasteiger partial charge in [0.25, 0.3) is 0 Å². The third-order valence-electron chi connectivity index (χ3n) is 3.31. The molecule has 82 valence electrons. The summed E-state index contributed by atoms with van der Waals surface area (Å²) >= 11 is 0. The van der Waals surface area contributed by atoms with E-state index in [4.69, 9.17) is 0 Å². The molecular weight excluding hydrogens is 182 g/mol. The van der Waals surface area contributed by atoms with Crippen LogP contribution in [-0.4, -0.2) is 13.6 Å². The second-order valence-corrected chi connectivity index (χ2v) is 4.52. The standard InChI is InChI=1S/C14H21N/c1-15-10-4-5-12-8-9-13-6-2-3-7-14(13)11-12/h8-9,11,15H,2-7,10H2,1H3. The fraction of sp³-hybridized carbons (Fsp3) is 0.571. The largest absolute Gasteiger partial charge is 0.320 e. The molecule has 1 aliphatic rings. The van der Waals surface area contributed by atoms with Crippen molar-refractivity contribution in [2.24, 2.45) is 0 Å². The summed E-state index contributed by atoms with van der Waals surface area (Å²) in [6, 6.07) is 7.10. The zero-order valence-corrected chi connectivity index (χ0v) is 9.68.